The van der Waals surface area contributed by atoms with Crippen LogP contribution in [0, 0.1) is 5.41 Å². The monoisotopic (exact) mass is 495 g/mol. The molecule has 8 nitrogen and oxygen atoms in total. The molecule has 1 unspecified atom stereocenters. The topological polar surface area (TPSA) is 90.4 Å². The summed E-state index contributed by atoms with van der Waals surface area (Å²) < 4.78 is 4.81. The fourth-order valence-corrected chi connectivity index (χ4v) is 5.19. The largest absolute Gasteiger partial charge is 0.465 e. The first kappa shape index (κ1) is 23.4. The molecule has 31 heavy (non-hydrogen) atoms. The Hall–Kier alpha value is -2.29. The maximum Gasteiger partial charge on any atom is 0.407 e. The quantitative estimate of drug-likeness (QED) is 0.508. The number of nitrogens with zero attached hydrogens (tertiary/aromatic N) is 3. The molecule has 2 amide bonds. The lowest BCUT2D eigenvalue weighted by Crippen LogP contribution is -2.59. The third kappa shape index (κ3) is 4.12. The summed E-state index contributed by atoms with van der Waals surface area (Å²) in [5, 5.41) is 10.1. The van der Waals surface area contributed by atoms with Crippen LogP contribution in [0.2, 0.25) is 0 Å². The molecule has 3 rings (SSSR count). The van der Waals surface area contributed by atoms with E-state index in [0.717, 1.165) is 5.69 Å². The zero-order chi connectivity index (χ0) is 23.0. The van der Waals surface area contributed by atoms with Gasteiger partial charge in [-0.05, 0) is 37.1 Å². The van der Waals surface area contributed by atoms with E-state index in [0.29, 0.717) is 43.4 Å². The lowest BCUT2D eigenvalue weighted by Gasteiger charge is -2.47. The zero-order valence-electron chi connectivity index (χ0n) is 18.4. The number of amides is 2. The van der Waals surface area contributed by atoms with E-state index in [1.54, 1.807) is 12.1 Å². The Kier molecular flexibility index (Phi) is 6.55. The molecule has 2 saturated heterocycles. The second kappa shape index (κ2) is 8.68. The van der Waals surface area contributed by atoms with Gasteiger partial charge in [-0.25, -0.2) is 9.59 Å². The smallest absolute Gasteiger partial charge is 0.407 e. The molecular weight excluding hydrogens is 466 g/mol. The van der Waals surface area contributed by atoms with Crippen LogP contribution in [-0.2, 0) is 9.53 Å². The van der Waals surface area contributed by atoms with Gasteiger partial charge in [-0.1, -0.05) is 36.7 Å². The number of piperidine rings is 1. The second-order valence-corrected chi connectivity index (χ2v) is 9.93. The molecule has 1 N–H and O–H groups in total. The minimum atomic E-state index is -0.959. The van der Waals surface area contributed by atoms with E-state index in [-0.39, 0.29) is 17.5 Å². The number of likely N-dealkylation sites (tertiary alicyclic amines) is 1. The number of alkyl halides is 1. The minimum Gasteiger partial charge on any atom is -0.465 e. The minimum absolute atomic E-state index is 0.0361. The van der Waals surface area contributed by atoms with Gasteiger partial charge in [0.25, 0.3) is 0 Å². The Bertz CT molecular complexity index is 844. The highest BCUT2D eigenvalue weighted by Crippen LogP contribution is 2.47. The predicted octanol–water partition coefficient (Wildman–Crippen LogP) is 3.40. The van der Waals surface area contributed by atoms with Gasteiger partial charge in [0.2, 0.25) is 5.91 Å². The summed E-state index contributed by atoms with van der Waals surface area (Å²) in [7, 11) is 1.34. The molecule has 2 aliphatic rings. The maximum absolute atomic E-state index is 13.8. The highest BCUT2D eigenvalue weighted by molar-refractivity contribution is 9.09. The molecule has 0 bridgehead atoms. The van der Waals surface area contributed by atoms with Gasteiger partial charge in [-0.2, -0.15) is 0 Å². The number of ether oxygens (including phenoxy) is 1. The van der Waals surface area contributed by atoms with Crippen LogP contribution < -0.4 is 4.90 Å². The Morgan fingerprint density at radius 1 is 1.19 bits per heavy atom. The van der Waals surface area contributed by atoms with E-state index >= 15 is 0 Å². The van der Waals surface area contributed by atoms with Crippen molar-refractivity contribution in [1.29, 1.82) is 0 Å². The first-order chi connectivity index (χ1) is 14.6. The number of carbonyl (C=O) groups is 3. The molecule has 9 heteroatoms. The summed E-state index contributed by atoms with van der Waals surface area (Å²) in [4.78, 5) is 42.7. The van der Waals surface area contributed by atoms with Crippen molar-refractivity contribution >= 4 is 39.6 Å². The zero-order valence-corrected chi connectivity index (χ0v) is 20.0. The van der Waals surface area contributed by atoms with E-state index in [1.807, 2.05) is 17.0 Å². The molecule has 1 aromatic rings. The average molecular weight is 496 g/mol. The van der Waals surface area contributed by atoms with Gasteiger partial charge >= 0.3 is 12.1 Å². The van der Waals surface area contributed by atoms with Crippen molar-refractivity contribution in [1.82, 2.24) is 9.80 Å². The normalized spacial score (nSPS) is 21.0. The van der Waals surface area contributed by atoms with Crippen LogP contribution in [-0.4, -0.2) is 76.7 Å². The summed E-state index contributed by atoms with van der Waals surface area (Å²) in [6.45, 7) is 7.48. The van der Waals surface area contributed by atoms with Crippen molar-refractivity contribution in [2.45, 2.75) is 45.3 Å². The SMILES string of the molecule is COC(=O)c1ccc(N2C(C(C)(C)C)N(CCBr)C(=O)C23CCN(C(=O)O)CC3)cc1. The third-order valence-electron chi connectivity index (χ3n) is 6.19. The average Bonchev–Trinajstić information content (AvgIpc) is 2.97. The standard InChI is InChI=1S/C22H30BrN3O5/c1-21(2,3)18-25(14-11-23)19(28)22(9-12-24(13-10-22)20(29)30)26(18)16-7-5-15(6-8-16)17(27)31-4/h5-8,18H,9-14H2,1-4H3,(H,29,30). The Balaban J connectivity index is 2.10. The molecule has 1 atom stereocenters. The molecule has 170 valence electrons. The number of hydrogen-bond acceptors (Lipinski definition) is 5. The molecule has 0 aliphatic carbocycles. The molecule has 1 spiro atoms. The molecule has 0 saturated carbocycles. The summed E-state index contributed by atoms with van der Waals surface area (Å²) in [6, 6.07) is 7.11. The highest BCUT2D eigenvalue weighted by Gasteiger charge is 2.60. The summed E-state index contributed by atoms with van der Waals surface area (Å²) in [5.41, 5.74) is 0.198. The summed E-state index contributed by atoms with van der Waals surface area (Å²) in [5.74, 6) is -0.379. The van der Waals surface area contributed by atoms with Gasteiger partial charge < -0.3 is 24.5 Å². The van der Waals surface area contributed by atoms with Gasteiger partial charge in [0.15, 0.2) is 0 Å². The van der Waals surface area contributed by atoms with Crippen molar-refractivity contribution in [3.05, 3.63) is 29.8 Å². The number of anilines is 1. The van der Waals surface area contributed by atoms with Crippen LogP contribution in [0.1, 0.15) is 44.0 Å². The van der Waals surface area contributed by atoms with Gasteiger partial charge in [-0.15, -0.1) is 0 Å². The van der Waals surface area contributed by atoms with Crippen molar-refractivity contribution in [3.63, 3.8) is 0 Å². The van der Waals surface area contributed by atoms with Crippen LogP contribution in [0.15, 0.2) is 24.3 Å². The second-order valence-electron chi connectivity index (χ2n) is 9.14. The van der Waals surface area contributed by atoms with Gasteiger partial charge in [0.05, 0.1) is 12.7 Å². The van der Waals surface area contributed by atoms with Crippen LogP contribution >= 0.6 is 15.9 Å². The summed E-state index contributed by atoms with van der Waals surface area (Å²) >= 11 is 3.48. The first-order valence-corrected chi connectivity index (χ1v) is 11.5. The Morgan fingerprint density at radius 3 is 2.23 bits per heavy atom. The number of rotatable bonds is 4. The van der Waals surface area contributed by atoms with Crippen LogP contribution in [0.5, 0.6) is 0 Å². The number of methoxy groups -OCH3 is 1. The first-order valence-electron chi connectivity index (χ1n) is 10.4. The van der Waals surface area contributed by atoms with Crippen LogP contribution in [0.3, 0.4) is 0 Å². The molecular formula is C22H30BrN3O5. The van der Waals surface area contributed by atoms with Crippen LogP contribution in [0.25, 0.3) is 0 Å². The van der Waals surface area contributed by atoms with Gasteiger partial charge in [0, 0.05) is 36.1 Å². The molecule has 1 aromatic carbocycles. The summed E-state index contributed by atoms with van der Waals surface area (Å²) in [6.07, 6.45) is -0.332. The number of benzene rings is 1. The van der Waals surface area contributed by atoms with E-state index in [9.17, 15) is 19.5 Å². The molecule has 2 heterocycles. The molecule has 2 aliphatic heterocycles. The fraction of sp³-hybridized carbons (Fsp3) is 0.591. The van der Waals surface area contributed by atoms with Gasteiger partial charge in [-0.3, -0.25) is 4.79 Å². The fourth-order valence-electron chi connectivity index (χ4n) is 4.81. The number of esters is 1. The number of carboxylic acid groups (broad SMARTS) is 1. The van der Waals surface area contributed by atoms with Crippen LogP contribution in [0.4, 0.5) is 10.5 Å². The van der Waals surface area contributed by atoms with E-state index in [1.165, 1.54) is 12.0 Å². The lowest BCUT2D eigenvalue weighted by atomic mass is 9.84. The van der Waals surface area contributed by atoms with E-state index < -0.39 is 17.6 Å². The van der Waals surface area contributed by atoms with Gasteiger partial charge in [0.1, 0.15) is 11.7 Å². The maximum atomic E-state index is 13.8. The number of carbonyl (C=O) groups excluding carboxylic acids is 2. The Morgan fingerprint density at radius 2 is 1.77 bits per heavy atom. The highest BCUT2D eigenvalue weighted by atomic mass is 79.9. The van der Waals surface area contributed by atoms with Crippen molar-refractivity contribution in [3.8, 4) is 0 Å². The molecule has 0 radical (unpaired) electrons. The number of halogens is 1. The lowest BCUT2D eigenvalue weighted by molar-refractivity contribution is -0.135. The van der Waals surface area contributed by atoms with Crippen molar-refractivity contribution in [2.24, 2.45) is 5.41 Å². The van der Waals surface area contributed by atoms with E-state index in [4.69, 9.17) is 4.74 Å². The van der Waals surface area contributed by atoms with E-state index in [2.05, 4.69) is 41.6 Å². The number of hydrogen-bond donors (Lipinski definition) is 1. The molecule has 0 aromatic heterocycles. The predicted molar refractivity (Wildman–Crippen MR) is 121 cm³/mol. The van der Waals surface area contributed by atoms with Crippen molar-refractivity contribution < 1.29 is 24.2 Å². The molecule has 2 fully saturated rings. The third-order valence-corrected chi connectivity index (χ3v) is 6.54. The van der Waals surface area contributed by atoms with Crippen molar-refractivity contribution in [2.75, 3.05) is 37.0 Å². The Labute approximate surface area is 191 Å².